The number of halogens is 2. The maximum atomic E-state index is 4.55. The molecule has 0 radical (unpaired) electrons. The van der Waals surface area contributed by atoms with E-state index in [2.05, 4.69) is 108 Å². The number of hydrogen-bond donors (Lipinski definition) is 0. The summed E-state index contributed by atoms with van der Waals surface area (Å²) in [7, 11) is 0. The molecule has 4 nitrogen and oxygen atoms in total. The van der Waals surface area contributed by atoms with Crippen LogP contribution >= 0.6 is 0 Å². The summed E-state index contributed by atoms with van der Waals surface area (Å²) in [4.78, 5) is 18.1. The molecule has 0 amide bonds. The average molecular weight is 815 g/mol. The Morgan fingerprint density at radius 3 is 1.12 bits per heavy atom. The number of rotatable bonds is 6. The molecule has 0 aliphatic rings. The quantitative estimate of drug-likeness (QED) is 0.170. The maximum Gasteiger partial charge on any atom is -1.00 e. The largest absolute Gasteiger partial charge is 1.00 e. The molecule has 0 atom stereocenters. The van der Waals surface area contributed by atoms with Crippen molar-refractivity contribution in [1.29, 1.82) is 0 Å². The monoisotopic (exact) mass is 812 g/mol. The number of hydrogen-bond acceptors (Lipinski definition) is 4. The van der Waals surface area contributed by atoms with E-state index in [1.54, 1.807) is 23.3 Å². The molecular weight excluding hydrogens is 775 g/mol. The number of pyridine rings is 4. The Bertz CT molecular complexity index is 2160. The van der Waals surface area contributed by atoms with Crippen LogP contribution in [-0.2, 0) is 36.2 Å². The van der Waals surface area contributed by atoms with Crippen LogP contribution in [0.5, 0.6) is 0 Å². The van der Waals surface area contributed by atoms with Crippen LogP contribution in [0.15, 0.2) is 146 Å². The predicted molar refractivity (Wildman–Crippen MR) is 208 cm³/mol. The zero-order valence-corrected chi connectivity index (χ0v) is 34.8. The summed E-state index contributed by atoms with van der Waals surface area (Å²) in [6.45, 7) is 8.99. The van der Waals surface area contributed by atoms with Crippen LogP contribution in [0.2, 0.25) is 13.1 Å². The molecule has 52 heavy (non-hydrogen) atoms. The van der Waals surface area contributed by atoms with Crippen LogP contribution in [0.4, 0.5) is 0 Å². The third kappa shape index (κ3) is 10.1. The zero-order valence-electron chi connectivity index (χ0n) is 29.8. The zero-order chi connectivity index (χ0) is 34.9. The first kappa shape index (κ1) is 40.7. The first-order valence-corrected chi connectivity index (χ1v) is 23.3. The summed E-state index contributed by atoms with van der Waals surface area (Å²) in [5, 5.41) is 5.04. The van der Waals surface area contributed by atoms with E-state index < -0.39 is 0 Å². The Morgan fingerprint density at radius 2 is 0.827 bits per heavy atom. The number of nitrogens with zero attached hydrogens (tertiary/aromatic N) is 4. The Balaban J connectivity index is 0.000000204. The van der Waals surface area contributed by atoms with Gasteiger partial charge in [-0.05, 0) is 83.6 Å². The van der Waals surface area contributed by atoms with E-state index in [9.17, 15) is 0 Å². The van der Waals surface area contributed by atoms with Gasteiger partial charge < -0.3 is 24.8 Å². The minimum atomic E-state index is 0. The van der Waals surface area contributed by atoms with Gasteiger partial charge in [-0.3, -0.25) is 19.9 Å². The summed E-state index contributed by atoms with van der Waals surface area (Å²) < 4.78 is 0. The van der Waals surface area contributed by atoms with E-state index in [0.717, 1.165) is 46.7 Å². The van der Waals surface area contributed by atoms with E-state index in [1.807, 2.05) is 85.5 Å². The SMILES string of the molecule is CCc1cc2c(-c3ccccn3)cc(-c3ccccn3)cc2[cH-]1.CCc1cc2c(-c3ccccn3)cc(-c3ccccn3)cc2[cH-]1.C[Si](C)=[Zr+2].[Cl-].[Cl-]. The van der Waals surface area contributed by atoms with Gasteiger partial charge in [0, 0.05) is 24.8 Å². The van der Waals surface area contributed by atoms with Crippen LogP contribution in [0.3, 0.4) is 0 Å². The standard InChI is InChI=1S/2C21H17N2.C2H6Si.2ClH.Zr/c2*1-2-15-11-16-13-17(20-7-3-5-9-22-20)14-19(18(16)12-15)21-8-4-6-10-23-21;1-3-2;;;/h2*3-14H,2H2,1H3;1-2H3;2*1H;/q2*-1;;;;+2/p-2. The van der Waals surface area contributed by atoms with Gasteiger partial charge in [-0.15, -0.1) is 56.9 Å². The third-order valence-electron chi connectivity index (χ3n) is 8.38. The molecule has 4 heterocycles. The summed E-state index contributed by atoms with van der Waals surface area (Å²) >= 11 is 1.74. The molecule has 0 spiro atoms. The van der Waals surface area contributed by atoms with Crippen molar-refractivity contribution >= 4 is 27.0 Å². The fourth-order valence-corrected chi connectivity index (χ4v) is 6.01. The number of aromatic nitrogens is 4. The van der Waals surface area contributed by atoms with Gasteiger partial charge in [0.2, 0.25) is 0 Å². The number of fused-ring (bicyclic) bond motifs is 2. The van der Waals surface area contributed by atoms with Gasteiger partial charge in [-0.2, -0.15) is 12.1 Å². The van der Waals surface area contributed by atoms with Crippen molar-refractivity contribution in [3.8, 4) is 45.0 Å². The molecule has 0 N–H and O–H groups in total. The van der Waals surface area contributed by atoms with Crippen LogP contribution in [-0.4, -0.2) is 25.4 Å². The number of benzene rings is 2. The molecule has 0 fully saturated rings. The van der Waals surface area contributed by atoms with Crippen molar-refractivity contribution in [3.63, 3.8) is 0 Å². The first-order valence-electron chi connectivity index (χ1n) is 17.1. The number of aryl methyl sites for hydroxylation is 2. The van der Waals surface area contributed by atoms with Gasteiger partial charge in [0.15, 0.2) is 0 Å². The molecule has 8 rings (SSSR count). The molecular formula is C44H40Cl2N4SiZr-2. The van der Waals surface area contributed by atoms with E-state index in [0.29, 0.717) is 0 Å². The van der Waals surface area contributed by atoms with Gasteiger partial charge in [0.1, 0.15) is 0 Å². The molecule has 0 saturated carbocycles. The van der Waals surface area contributed by atoms with Crippen LogP contribution in [0.1, 0.15) is 25.0 Å². The second kappa shape index (κ2) is 19.7. The van der Waals surface area contributed by atoms with Gasteiger partial charge in [0.25, 0.3) is 0 Å². The van der Waals surface area contributed by atoms with E-state index >= 15 is 0 Å². The maximum absolute atomic E-state index is 4.55. The average Bonchev–Trinajstić information content (AvgIpc) is 3.80. The van der Waals surface area contributed by atoms with Crippen molar-refractivity contribution in [2.75, 3.05) is 0 Å². The van der Waals surface area contributed by atoms with Gasteiger partial charge in [0.05, 0.1) is 22.8 Å². The van der Waals surface area contributed by atoms with E-state index in [1.165, 1.54) is 43.8 Å². The van der Waals surface area contributed by atoms with Crippen molar-refractivity contribution in [2.45, 2.75) is 39.8 Å². The Morgan fingerprint density at radius 1 is 0.500 bits per heavy atom. The Hall–Kier alpha value is -4.06. The van der Waals surface area contributed by atoms with Gasteiger partial charge >= 0.3 is 41.9 Å². The fraction of sp³-hybridized carbons (Fsp3) is 0.136. The second-order valence-electron chi connectivity index (χ2n) is 12.3. The van der Waals surface area contributed by atoms with Crippen LogP contribution < -0.4 is 24.8 Å². The van der Waals surface area contributed by atoms with Crippen LogP contribution in [0, 0.1) is 0 Å². The molecule has 4 aromatic heterocycles. The Kier molecular flexibility index (Phi) is 15.4. The van der Waals surface area contributed by atoms with Crippen molar-refractivity contribution < 1.29 is 48.1 Å². The normalized spacial score (nSPS) is 10.3. The van der Waals surface area contributed by atoms with Crippen LogP contribution in [0.25, 0.3) is 66.6 Å². The van der Waals surface area contributed by atoms with Crippen molar-refractivity contribution in [3.05, 3.63) is 157 Å². The summed E-state index contributed by atoms with van der Waals surface area (Å²) in [6, 6.07) is 42.1. The van der Waals surface area contributed by atoms with Crippen molar-refractivity contribution in [2.24, 2.45) is 0 Å². The molecule has 0 bridgehead atoms. The fourth-order valence-electron chi connectivity index (χ4n) is 6.01. The third-order valence-corrected chi connectivity index (χ3v) is 8.38. The second-order valence-corrected chi connectivity index (χ2v) is 21.7. The molecule has 4 aromatic carbocycles. The molecule has 8 aromatic rings. The van der Waals surface area contributed by atoms with E-state index in [-0.39, 0.29) is 30.2 Å². The molecule has 0 aliphatic heterocycles. The van der Waals surface area contributed by atoms with E-state index in [4.69, 9.17) is 0 Å². The predicted octanol–water partition coefficient (Wildman–Crippen LogP) is 5.28. The minimum absolute atomic E-state index is 0. The Labute approximate surface area is 334 Å². The van der Waals surface area contributed by atoms with Crippen molar-refractivity contribution in [1.82, 2.24) is 19.9 Å². The molecule has 0 saturated heterocycles. The molecule has 8 heteroatoms. The summed E-state index contributed by atoms with van der Waals surface area (Å²) in [5.41, 5.74) is 11.5. The molecule has 260 valence electrons. The van der Waals surface area contributed by atoms with Gasteiger partial charge in [-0.25, -0.2) is 0 Å². The molecule has 0 unspecified atom stereocenters. The summed E-state index contributed by atoms with van der Waals surface area (Å²) in [5.74, 6) is 0. The summed E-state index contributed by atoms with van der Waals surface area (Å²) in [6.07, 6.45) is 9.44. The topological polar surface area (TPSA) is 51.6 Å². The first-order chi connectivity index (χ1) is 24.4. The molecule has 0 aliphatic carbocycles. The minimum Gasteiger partial charge on any atom is -1.00 e. The smallest absolute Gasteiger partial charge is 1.00 e. The van der Waals surface area contributed by atoms with Gasteiger partial charge in [-0.1, -0.05) is 50.2 Å².